The number of benzene rings is 1. The molecule has 0 N–H and O–H groups in total. The van der Waals surface area contributed by atoms with E-state index in [0.717, 1.165) is 11.4 Å². The average molecular weight is 304 g/mol. The number of methoxy groups -OCH3 is 1. The van der Waals surface area contributed by atoms with Crippen LogP contribution in [0.5, 0.6) is 11.5 Å². The number of rotatable bonds is 5. The van der Waals surface area contributed by atoms with Crippen LogP contribution >= 0.6 is 11.8 Å². The molecule has 0 radical (unpaired) electrons. The Bertz CT molecular complexity index is 626. The Morgan fingerprint density at radius 3 is 2.38 bits per heavy atom. The Kier molecular flexibility index (Phi) is 5.16. The van der Waals surface area contributed by atoms with E-state index in [1.54, 1.807) is 18.2 Å². The van der Waals surface area contributed by atoms with Gasteiger partial charge >= 0.3 is 5.97 Å². The van der Waals surface area contributed by atoms with Gasteiger partial charge in [0, 0.05) is 11.4 Å². The molecule has 0 aliphatic carbocycles. The predicted octanol–water partition coefficient (Wildman–Crippen LogP) is 2.80. The molecule has 0 atom stereocenters. The Hall–Kier alpha value is -2.08. The summed E-state index contributed by atoms with van der Waals surface area (Å²) in [4.78, 5) is 20.4. The van der Waals surface area contributed by atoms with Gasteiger partial charge in [0.2, 0.25) is 0 Å². The van der Waals surface area contributed by atoms with Crippen LogP contribution in [0.4, 0.5) is 0 Å². The first-order chi connectivity index (χ1) is 10.1. The molecule has 0 bridgehead atoms. The summed E-state index contributed by atoms with van der Waals surface area (Å²) in [5.74, 6) is 0.707. The molecule has 0 aliphatic rings. The molecule has 6 heteroatoms. The van der Waals surface area contributed by atoms with Gasteiger partial charge in [-0.15, -0.1) is 0 Å². The van der Waals surface area contributed by atoms with Crippen LogP contribution in [0.15, 0.2) is 35.5 Å². The topological polar surface area (TPSA) is 61.3 Å². The molecule has 0 fully saturated rings. The second-order valence-corrected chi connectivity index (χ2v) is 5.29. The van der Waals surface area contributed by atoms with Crippen molar-refractivity contribution in [2.45, 2.75) is 19.0 Å². The summed E-state index contributed by atoms with van der Waals surface area (Å²) in [5, 5.41) is 0.574. The van der Waals surface area contributed by atoms with Crippen LogP contribution in [0.25, 0.3) is 0 Å². The van der Waals surface area contributed by atoms with Crippen molar-refractivity contribution in [1.82, 2.24) is 9.97 Å². The van der Waals surface area contributed by atoms with Gasteiger partial charge in [-0.25, -0.2) is 9.97 Å². The van der Waals surface area contributed by atoms with E-state index in [0.29, 0.717) is 16.7 Å². The number of aromatic nitrogens is 2. The van der Waals surface area contributed by atoms with Crippen molar-refractivity contribution in [2.75, 3.05) is 12.9 Å². The van der Waals surface area contributed by atoms with Crippen molar-refractivity contribution < 1.29 is 14.3 Å². The van der Waals surface area contributed by atoms with Crippen molar-refractivity contribution in [2.24, 2.45) is 0 Å². The van der Waals surface area contributed by atoms with E-state index in [9.17, 15) is 4.79 Å². The third-order valence-corrected chi connectivity index (χ3v) is 3.39. The van der Waals surface area contributed by atoms with Gasteiger partial charge in [0.25, 0.3) is 0 Å². The Balaban J connectivity index is 1.96. The number of carbonyl (C=O) groups excluding carboxylic acids is 1. The monoisotopic (exact) mass is 304 g/mol. The summed E-state index contributed by atoms with van der Waals surface area (Å²) in [5.41, 5.74) is 1.76. The van der Waals surface area contributed by atoms with Crippen molar-refractivity contribution in [3.05, 3.63) is 41.7 Å². The molecule has 0 saturated carbocycles. The maximum Gasteiger partial charge on any atom is 0.321 e. The lowest BCUT2D eigenvalue weighted by Gasteiger charge is -2.08. The van der Waals surface area contributed by atoms with Gasteiger partial charge in [0.05, 0.1) is 12.9 Å². The fraction of sp³-hybridized carbons (Fsp3) is 0.267. The van der Waals surface area contributed by atoms with Crippen molar-refractivity contribution in [1.29, 1.82) is 0 Å². The van der Waals surface area contributed by atoms with Crippen LogP contribution in [0.2, 0.25) is 0 Å². The van der Waals surface area contributed by atoms with Gasteiger partial charge < -0.3 is 9.47 Å². The number of hydrogen-bond donors (Lipinski definition) is 0. The average Bonchev–Trinajstić information content (AvgIpc) is 2.45. The predicted molar refractivity (Wildman–Crippen MR) is 80.9 cm³/mol. The molecule has 110 valence electrons. The number of esters is 1. The minimum absolute atomic E-state index is 0.140. The number of thioether (sulfide) groups is 1. The molecule has 0 aliphatic heterocycles. The summed E-state index contributed by atoms with van der Waals surface area (Å²) in [6.07, 6.45) is 0. The zero-order valence-corrected chi connectivity index (χ0v) is 12.9. The van der Waals surface area contributed by atoms with E-state index >= 15 is 0 Å². The molecular weight excluding hydrogens is 288 g/mol. The fourth-order valence-corrected chi connectivity index (χ4v) is 2.46. The molecule has 1 aromatic heterocycles. The number of hydrogen-bond acceptors (Lipinski definition) is 6. The molecule has 1 heterocycles. The van der Waals surface area contributed by atoms with E-state index < -0.39 is 0 Å². The zero-order valence-electron chi connectivity index (χ0n) is 12.1. The standard InChI is InChI=1S/C15H16N2O3S/c1-10-8-11(2)17-15(16-10)21-9-14(18)20-13-7-5-4-6-12(13)19-3/h4-8H,9H2,1-3H3. The Morgan fingerprint density at radius 2 is 1.76 bits per heavy atom. The van der Waals surface area contributed by atoms with Crippen LogP contribution in [-0.2, 0) is 4.79 Å². The number of para-hydroxylation sites is 2. The van der Waals surface area contributed by atoms with Gasteiger partial charge in [-0.3, -0.25) is 4.79 Å². The summed E-state index contributed by atoms with van der Waals surface area (Å²) >= 11 is 1.25. The van der Waals surface area contributed by atoms with Crippen molar-refractivity contribution >= 4 is 17.7 Å². The molecule has 1 aromatic carbocycles. The summed E-state index contributed by atoms with van der Waals surface area (Å²) in [6, 6.07) is 8.91. The molecule has 0 unspecified atom stereocenters. The molecule has 2 rings (SSSR count). The van der Waals surface area contributed by atoms with Crippen LogP contribution < -0.4 is 9.47 Å². The van der Waals surface area contributed by atoms with E-state index in [4.69, 9.17) is 9.47 Å². The Morgan fingerprint density at radius 1 is 1.14 bits per heavy atom. The molecule has 2 aromatic rings. The zero-order chi connectivity index (χ0) is 15.2. The highest BCUT2D eigenvalue weighted by Gasteiger charge is 2.11. The highest BCUT2D eigenvalue weighted by Crippen LogP contribution is 2.26. The van der Waals surface area contributed by atoms with Crippen LogP contribution in [0.3, 0.4) is 0 Å². The van der Waals surface area contributed by atoms with Gasteiger partial charge in [0.1, 0.15) is 0 Å². The van der Waals surface area contributed by atoms with Crippen LogP contribution in [-0.4, -0.2) is 28.8 Å². The second-order valence-electron chi connectivity index (χ2n) is 4.35. The smallest absolute Gasteiger partial charge is 0.321 e. The number of aryl methyl sites for hydroxylation is 2. The highest BCUT2D eigenvalue weighted by molar-refractivity contribution is 7.99. The molecule has 21 heavy (non-hydrogen) atoms. The first kappa shape index (κ1) is 15.3. The SMILES string of the molecule is COc1ccccc1OC(=O)CSc1nc(C)cc(C)n1. The number of carbonyl (C=O) groups is 1. The maximum atomic E-state index is 11.9. The third-order valence-electron chi connectivity index (χ3n) is 2.57. The van der Waals surface area contributed by atoms with Crippen molar-refractivity contribution in [3.63, 3.8) is 0 Å². The molecule has 0 saturated heterocycles. The second kappa shape index (κ2) is 7.08. The lowest BCUT2D eigenvalue weighted by Crippen LogP contribution is -2.11. The molecule has 5 nitrogen and oxygen atoms in total. The minimum Gasteiger partial charge on any atom is -0.493 e. The van der Waals surface area contributed by atoms with Gasteiger partial charge in [-0.2, -0.15) is 0 Å². The summed E-state index contributed by atoms with van der Waals surface area (Å²) in [6.45, 7) is 3.79. The number of nitrogens with zero attached hydrogens (tertiary/aromatic N) is 2. The normalized spacial score (nSPS) is 10.2. The highest BCUT2D eigenvalue weighted by atomic mass is 32.2. The third kappa shape index (κ3) is 4.46. The lowest BCUT2D eigenvalue weighted by molar-refractivity contribution is -0.131. The quantitative estimate of drug-likeness (QED) is 0.366. The molecular formula is C15H16N2O3S. The Labute approximate surface area is 127 Å². The molecule has 0 spiro atoms. The first-order valence-electron chi connectivity index (χ1n) is 6.37. The summed E-state index contributed by atoms with van der Waals surface area (Å²) in [7, 11) is 1.53. The maximum absolute atomic E-state index is 11.9. The largest absolute Gasteiger partial charge is 0.493 e. The van der Waals surface area contributed by atoms with Crippen molar-refractivity contribution in [3.8, 4) is 11.5 Å². The number of ether oxygens (including phenoxy) is 2. The van der Waals surface area contributed by atoms with Gasteiger partial charge in [0.15, 0.2) is 16.7 Å². The van der Waals surface area contributed by atoms with Crippen LogP contribution in [0.1, 0.15) is 11.4 Å². The lowest BCUT2D eigenvalue weighted by atomic mass is 10.3. The van der Waals surface area contributed by atoms with E-state index in [1.165, 1.54) is 18.9 Å². The van der Waals surface area contributed by atoms with E-state index in [2.05, 4.69) is 9.97 Å². The van der Waals surface area contributed by atoms with Gasteiger partial charge in [-0.05, 0) is 32.0 Å². The summed E-state index contributed by atoms with van der Waals surface area (Å²) < 4.78 is 10.4. The molecule has 0 amide bonds. The van der Waals surface area contributed by atoms with E-state index in [-0.39, 0.29) is 11.7 Å². The minimum atomic E-state index is -0.368. The van der Waals surface area contributed by atoms with Crippen LogP contribution in [0, 0.1) is 13.8 Å². The fourth-order valence-electron chi connectivity index (χ4n) is 1.74. The first-order valence-corrected chi connectivity index (χ1v) is 7.36. The van der Waals surface area contributed by atoms with Gasteiger partial charge in [-0.1, -0.05) is 23.9 Å². The van der Waals surface area contributed by atoms with E-state index in [1.807, 2.05) is 26.0 Å².